The van der Waals surface area contributed by atoms with E-state index in [0.717, 1.165) is 50.7 Å². The fraction of sp³-hybridized carbons (Fsp3) is 0.733. The number of amides is 1. The standard InChI is InChI=1S/C15H24N4OS/c1-2-18-7-9-19(10-8-18)11-14(20)17-15-16-12-5-3-4-6-13(12)21-15/h2-11H2,1H3,(H,16,17,20). The number of piperazine rings is 1. The number of fused-ring (bicyclic) bond motifs is 1. The number of carbonyl (C=O) groups excluding carboxylic acids is 1. The summed E-state index contributed by atoms with van der Waals surface area (Å²) in [6.07, 6.45) is 4.68. The molecule has 0 spiro atoms. The van der Waals surface area contributed by atoms with E-state index in [0.29, 0.717) is 6.54 Å². The molecule has 1 aliphatic carbocycles. The van der Waals surface area contributed by atoms with Crippen molar-refractivity contribution in [2.45, 2.75) is 32.6 Å². The van der Waals surface area contributed by atoms with Crippen molar-refractivity contribution in [2.24, 2.45) is 0 Å². The Hall–Kier alpha value is -0.980. The van der Waals surface area contributed by atoms with Gasteiger partial charge in [0, 0.05) is 31.1 Å². The van der Waals surface area contributed by atoms with Crippen molar-refractivity contribution < 1.29 is 4.79 Å². The number of nitrogens with one attached hydrogen (secondary N) is 1. The van der Waals surface area contributed by atoms with Crippen LogP contribution in [0.3, 0.4) is 0 Å². The van der Waals surface area contributed by atoms with Crippen LogP contribution in [0.5, 0.6) is 0 Å². The maximum absolute atomic E-state index is 12.1. The van der Waals surface area contributed by atoms with Crippen LogP contribution in [0.4, 0.5) is 5.13 Å². The predicted octanol–water partition coefficient (Wildman–Crippen LogP) is 1.60. The third-order valence-corrected chi connectivity index (χ3v) is 5.44. The van der Waals surface area contributed by atoms with Crippen LogP contribution in [0.25, 0.3) is 0 Å². The van der Waals surface area contributed by atoms with Gasteiger partial charge in [-0.25, -0.2) is 4.98 Å². The van der Waals surface area contributed by atoms with Gasteiger partial charge in [0.25, 0.3) is 0 Å². The molecular weight excluding hydrogens is 284 g/mol. The van der Waals surface area contributed by atoms with Crippen LogP contribution in [-0.4, -0.2) is 60.0 Å². The fourth-order valence-corrected chi connectivity index (χ4v) is 4.10. The molecule has 116 valence electrons. The molecule has 0 unspecified atom stereocenters. The summed E-state index contributed by atoms with van der Waals surface area (Å²) in [7, 11) is 0. The molecular formula is C15H24N4OS. The monoisotopic (exact) mass is 308 g/mol. The van der Waals surface area contributed by atoms with Crippen molar-refractivity contribution in [2.75, 3.05) is 44.6 Å². The second-order valence-corrected chi connectivity index (χ2v) is 6.94. The summed E-state index contributed by atoms with van der Waals surface area (Å²) in [6, 6.07) is 0. The van der Waals surface area contributed by atoms with E-state index in [4.69, 9.17) is 0 Å². The third-order valence-electron chi connectivity index (χ3n) is 4.37. The van der Waals surface area contributed by atoms with E-state index < -0.39 is 0 Å². The number of thiazole rings is 1. The minimum atomic E-state index is 0.0750. The molecule has 1 amide bonds. The number of nitrogens with zero attached hydrogens (tertiary/aromatic N) is 3. The first-order chi connectivity index (χ1) is 10.2. The quantitative estimate of drug-likeness (QED) is 0.918. The Morgan fingerprint density at radius 3 is 2.62 bits per heavy atom. The number of hydrogen-bond acceptors (Lipinski definition) is 5. The lowest BCUT2D eigenvalue weighted by atomic mass is 10.0. The largest absolute Gasteiger partial charge is 0.301 e. The lowest BCUT2D eigenvalue weighted by Crippen LogP contribution is -2.48. The zero-order valence-electron chi connectivity index (χ0n) is 12.7. The molecule has 5 nitrogen and oxygen atoms in total. The van der Waals surface area contributed by atoms with Gasteiger partial charge in [0.2, 0.25) is 5.91 Å². The van der Waals surface area contributed by atoms with Crippen LogP contribution < -0.4 is 5.32 Å². The average molecular weight is 308 g/mol. The Morgan fingerprint density at radius 1 is 1.19 bits per heavy atom. The molecule has 21 heavy (non-hydrogen) atoms. The smallest absolute Gasteiger partial charge is 0.240 e. The van der Waals surface area contributed by atoms with Gasteiger partial charge in [-0.3, -0.25) is 9.69 Å². The number of aryl methyl sites for hydroxylation is 2. The lowest BCUT2D eigenvalue weighted by molar-refractivity contribution is -0.117. The summed E-state index contributed by atoms with van der Waals surface area (Å²) >= 11 is 1.66. The highest BCUT2D eigenvalue weighted by atomic mass is 32.1. The molecule has 6 heteroatoms. The molecule has 1 aliphatic heterocycles. The highest BCUT2D eigenvalue weighted by Crippen LogP contribution is 2.29. The Labute approximate surface area is 130 Å². The van der Waals surface area contributed by atoms with Gasteiger partial charge in [0.05, 0.1) is 12.2 Å². The molecule has 2 aliphatic rings. The molecule has 0 radical (unpaired) electrons. The molecule has 1 fully saturated rings. The fourth-order valence-electron chi connectivity index (χ4n) is 3.03. The molecule has 3 rings (SSSR count). The maximum atomic E-state index is 12.1. The van der Waals surface area contributed by atoms with E-state index in [2.05, 4.69) is 27.0 Å². The maximum Gasteiger partial charge on any atom is 0.240 e. The molecule has 1 N–H and O–H groups in total. The molecule has 1 saturated heterocycles. The summed E-state index contributed by atoms with van der Waals surface area (Å²) in [5, 5.41) is 3.78. The van der Waals surface area contributed by atoms with Crippen molar-refractivity contribution in [3.05, 3.63) is 10.6 Å². The summed E-state index contributed by atoms with van der Waals surface area (Å²) in [5.41, 5.74) is 1.21. The Balaban J connectivity index is 1.49. The van der Waals surface area contributed by atoms with Gasteiger partial charge >= 0.3 is 0 Å². The molecule has 1 aromatic heterocycles. The highest BCUT2D eigenvalue weighted by molar-refractivity contribution is 7.15. The van der Waals surface area contributed by atoms with Crippen molar-refractivity contribution in [1.82, 2.24) is 14.8 Å². The van der Waals surface area contributed by atoms with Gasteiger partial charge < -0.3 is 10.2 Å². The Bertz CT molecular complexity index is 470. The summed E-state index contributed by atoms with van der Waals surface area (Å²) in [6.45, 7) is 7.87. The van der Waals surface area contributed by atoms with Crippen LogP contribution >= 0.6 is 11.3 Å². The van der Waals surface area contributed by atoms with E-state index >= 15 is 0 Å². The predicted molar refractivity (Wildman–Crippen MR) is 85.9 cm³/mol. The SMILES string of the molecule is CCN1CCN(CC(=O)Nc2nc3c(s2)CCCC3)CC1. The third kappa shape index (κ3) is 3.81. The van der Waals surface area contributed by atoms with Crippen LogP contribution in [0.15, 0.2) is 0 Å². The second kappa shape index (κ2) is 6.85. The zero-order chi connectivity index (χ0) is 14.7. The van der Waals surface area contributed by atoms with Gasteiger partial charge in [0.15, 0.2) is 5.13 Å². The summed E-state index contributed by atoms with van der Waals surface area (Å²) < 4.78 is 0. The summed E-state index contributed by atoms with van der Waals surface area (Å²) in [5.74, 6) is 0.0750. The molecule has 0 atom stereocenters. The summed E-state index contributed by atoms with van der Waals surface area (Å²) in [4.78, 5) is 22.7. The van der Waals surface area contributed by atoms with Crippen molar-refractivity contribution in [3.8, 4) is 0 Å². The molecule has 0 bridgehead atoms. The number of rotatable bonds is 4. The number of likely N-dealkylation sites (N-methyl/N-ethyl adjacent to an activating group) is 1. The van der Waals surface area contributed by atoms with Crippen LogP contribution in [0.1, 0.15) is 30.3 Å². The minimum absolute atomic E-state index is 0.0750. The van der Waals surface area contributed by atoms with Gasteiger partial charge in [0.1, 0.15) is 0 Å². The highest BCUT2D eigenvalue weighted by Gasteiger charge is 2.20. The second-order valence-electron chi connectivity index (χ2n) is 5.85. The zero-order valence-corrected chi connectivity index (χ0v) is 13.5. The average Bonchev–Trinajstić information content (AvgIpc) is 2.90. The first-order valence-corrected chi connectivity index (χ1v) is 8.79. The minimum Gasteiger partial charge on any atom is -0.301 e. The number of aromatic nitrogens is 1. The van der Waals surface area contributed by atoms with E-state index in [1.165, 1.54) is 23.4 Å². The van der Waals surface area contributed by atoms with Crippen molar-refractivity contribution in [1.29, 1.82) is 0 Å². The number of hydrogen-bond donors (Lipinski definition) is 1. The van der Waals surface area contributed by atoms with Crippen LogP contribution in [-0.2, 0) is 17.6 Å². The number of anilines is 1. The van der Waals surface area contributed by atoms with Gasteiger partial charge in [-0.15, -0.1) is 11.3 Å². The first-order valence-electron chi connectivity index (χ1n) is 7.97. The topological polar surface area (TPSA) is 48.5 Å². The van der Waals surface area contributed by atoms with E-state index in [1.807, 2.05) is 0 Å². The number of carbonyl (C=O) groups is 1. The van der Waals surface area contributed by atoms with Gasteiger partial charge in [-0.2, -0.15) is 0 Å². The van der Waals surface area contributed by atoms with Crippen molar-refractivity contribution >= 4 is 22.4 Å². The van der Waals surface area contributed by atoms with E-state index in [-0.39, 0.29) is 5.91 Å². The molecule has 0 saturated carbocycles. The van der Waals surface area contributed by atoms with E-state index in [9.17, 15) is 4.79 Å². The molecule has 2 heterocycles. The van der Waals surface area contributed by atoms with E-state index in [1.54, 1.807) is 11.3 Å². The normalized spacial score (nSPS) is 20.2. The van der Waals surface area contributed by atoms with Gasteiger partial charge in [-0.05, 0) is 32.2 Å². The van der Waals surface area contributed by atoms with Gasteiger partial charge in [-0.1, -0.05) is 6.92 Å². The lowest BCUT2D eigenvalue weighted by Gasteiger charge is -2.33. The Morgan fingerprint density at radius 2 is 1.90 bits per heavy atom. The first kappa shape index (κ1) is 14.9. The van der Waals surface area contributed by atoms with Crippen molar-refractivity contribution in [3.63, 3.8) is 0 Å². The Kier molecular flexibility index (Phi) is 4.87. The molecule has 0 aromatic carbocycles. The molecule has 1 aromatic rings. The van der Waals surface area contributed by atoms with Crippen LogP contribution in [0, 0.1) is 0 Å². The van der Waals surface area contributed by atoms with Crippen LogP contribution in [0.2, 0.25) is 0 Å².